The van der Waals surface area contributed by atoms with Crippen LogP contribution in [-0.4, -0.2) is 24.0 Å². The van der Waals surface area contributed by atoms with Crippen LogP contribution in [0.25, 0.3) is 0 Å². The predicted molar refractivity (Wildman–Crippen MR) is 71.5 cm³/mol. The fourth-order valence-corrected chi connectivity index (χ4v) is 2.42. The maximum atomic E-state index is 5.39. The summed E-state index contributed by atoms with van der Waals surface area (Å²) in [7, 11) is 0. The zero-order valence-corrected chi connectivity index (χ0v) is 11.1. The van der Waals surface area contributed by atoms with E-state index < -0.39 is 0 Å². The molecule has 0 aliphatic heterocycles. The minimum atomic E-state index is 0.428. The molecule has 0 aromatic carbocycles. The summed E-state index contributed by atoms with van der Waals surface area (Å²) in [5.41, 5.74) is 6.52. The van der Waals surface area contributed by atoms with Gasteiger partial charge in [0.05, 0.1) is 6.54 Å². The van der Waals surface area contributed by atoms with Gasteiger partial charge in [-0.15, -0.1) is 11.3 Å². The third-order valence-corrected chi connectivity index (χ3v) is 3.46. The lowest BCUT2D eigenvalue weighted by molar-refractivity contribution is 0.227. The van der Waals surface area contributed by atoms with Crippen molar-refractivity contribution in [1.82, 2.24) is 4.90 Å². The quantitative estimate of drug-likeness (QED) is 0.813. The Hall–Kier alpha value is -0.820. The van der Waals surface area contributed by atoms with E-state index in [0.29, 0.717) is 12.6 Å². The number of hydrogen-bond acceptors (Lipinski definition) is 3. The topological polar surface area (TPSA) is 29.3 Å². The highest BCUT2D eigenvalue weighted by Gasteiger charge is 2.10. The molecule has 2 nitrogen and oxygen atoms in total. The molecule has 0 saturated heterocycles. The molecule has 1 aromatic heterocycles. The first-order valence-corrected chi connectivity index (χ1v) is 6.56. The Morgan fingerprint density at radius 3 is 2.81 bits per heavy atom. The number of thiophene rings is 1. The summed E-state index contributed by atoms with van der Waals surface area (Å²) in [5.74, 6) is 6.05. The maximum Gasteiger partial charge on any atom is 0.0555 e. The number of nitrogens with two attached hydrogens (primary N) is 1. The van der Waals surface area contributed by atoms with Crippen molar-refractivity contribution in [2.24, 2.45) is 5.73 Å². The van der Waals surface area contributed by atoms with Crippen molar-refractivity contribution >= 4 is 11.3 Å². The second-order valence-electron chi connectivity index (χ2n) is 3.92. The van der Waals surface area contributed by atoms with Crippen LogP contribution in [0.2, 0.25) is 0 Å². The van der Waals surface area contributed by atoms with Crippen molar-refractivity contribution in [2.45, 2.75) is 33.4 Å². The van der Waals surface area contributed by atoms with Crippen molar-refractivity contribution in [2.75, 3.05) is 13.1 Å². The third kappa shape index (κ3) is 3.64. The van der Waals surface area contributed by atoms with Crippen LogP contribution in [0.5, 0.6) is 0 Å². The van der Waals surface area contributed by atoms with Crippen LogP contribution in [0.1, 0.15) is 31.2 Å². The van der Waals surface area contributed by atoms with Crippen molar-refractivity contribution < 1.29 is 0 Å². The number of nitrogens with zero attached hydrogens (tertiary/aromatic N) is 1. The number of hydrogen-bond donors (Lipinski definition) is 1. The van der Waals surface area contributed by atoms with Gasteiger partial charge in [0.15, 0.2) is 0 Å². The molecule has 0 unspecified atom stereocenters. The van der Waals surface area contributed by atoms with Crippen LogP contribution in [0.15, 0.2) is 11.4 Å². The van der Waals surface area contributed by atoms with Crippen LogP contribution >= 0.6 is 11.3 Å². The molecule has 3 heteroatoms. The van der Waals surface area contributed by atoms with Gasteiger partial charge >= 0.3 is 0 Å². The van der Waals surface area contributed by atoms with E-state index in [9.17, 15) is 0 Å². The average Bonchev–Trinajstić information content (AvgIpc) is 2.69. The first-order chi connectivity index (χ1) is 7.69. The minimum absolute atomic E-state index is 0.428. The molecule has 0 fully saturated rings. The summed E-state index contributed by atoms with van der Waals surface area (Å²) in [6.07, 6.45) is 0. The monoisotopic (exact) mass is 236 g/mol. The molecular formula is C13H20N2S. The van der Waals surface area contributed by atoms with Crippen molar-refractivity contribution in [1.29, 1.82) is 0 Å². The lowest BCUT2D eigenvalue weighted by Gasteiger charge is -2.24. The van der Waals surface area contributed by atoms with Gasteiger partial charge in [0, 0.05) is 23.0 Å². The molecule has 0 aliphatic carbocycles. The molecule has 0 amide bonds. The second kappa shape index (κ2) is 6.70. The third-order valence-electron chi connectivity index (χ3n) is 2.55. The largest absolute Gasteiger partial charge is 0.320 e. The first kappa shape index (κ1) is 13.2. The maximum absolute atomic E-state index is 5.39. The van der Waals surface area contributed by atoms with Gasteiger partial charge < -0.3 is 5.73 Å². The van der Waals surface area contributed by atoms with Crippen LogP contribution in [0.3, 0.4) is 0 Å². The van der Waals surface area contributed by atoms with Gasteiger partial charge in [0.25, 0.3) is 0 Å². The highest BCUT2D eigenvalue weighted by Crippen LogP contribution is 2.19. The van der Waals surface area contributed by atoms with Crippen LogP contribution < -0.4 is 5.73 Å². The van der Waals surface area contributed by atoms with Gasteiger partial charge in [-0.2, -0.15) is 0 Å². The van der Waals surface area contributed by atoms with E-state index in [0.717, 1.165) is 18.7 Å². The standard InChI is InChI=1S/C13H20N2S/c1-4-15(11(2)3)10-13-12(6-5-8-14)7-9-16-13/h7,9,11H,4,8,10,14H2,1-3H3. The van der Waals surface area contributed by atoms with Crippen LogP contribution in [0.4, 0.5) is 0 Å². The zero-order valence-electron chi connectivity index (χ0n) is 10.3. The summed E-state index contributed by atoms with van der Waals surface area (Å²) >= 11 is 1.78. The van der Waals surface area contributed by atoms with Gasteiger partial charge in [-0.3, -0.25) is 4.90 Å². The fraction of sp³-hybridized carbons (Fsp3) is 0.538. The van der Waals surface area contributed by atoms with Gasteiger partial charge in [-0.25, -0.2) is 0 Å². The van der Waals surface area contributed by atoms with E-state index in [-0.39, 0.29) is 0 Å². The zero-order chi connectivity index (χ0) is 12.0. The summed E-state index contributed by atoms with van der Waals surface area (Å²) in [6, 6.07) is 2.65. The van der Waals surface area contributed by atoms with E-state index >= 15 is 0 Å². The van der Waals surface area contributed by atoms with Crippen molar-refractivity contribution in [3.8, 4) is 11.8 Å². The Kier molecular flexibility index (Phi) is 5.54. The molecule has 1 aromatic rings. The van der Waals surface area contributed by atoms with E-state index in [1.54, 1.807) is 11.3 Å². The lowest BCUT2D eigenvalue weighted by Crippen LogP contribution is -2.29. The van der Waals surface area contributed by atoms with Crippen molar-refractivity contribution in [3.05, 3.63) is 21.9 Å². The summed E-state index contributed by atoms with van der Waals surface area (Å²) in [5, 5.41) is 2.10. The fourth-order valence-electron chi connectivity index (χ4n) is 1.56. The summed E-state index contributed by atoms with van der Waals surface area (Å²) in [4.78, 5) is 3.77. The smallest absolute Gasteiger partial charge is 0.0555 e. The average molecular weight is 236 g/mol. The van der Waals surface area contributed by atoms with Gasteiger partial charge in [0.2, 0.25) is 0 Å². The molecule has 1 rings (SSSR count). The van der Waals surface area contributed by atoms with Crippen LogP contribution in [-0.2, 0) is 6.54 Å². The number of rotatable bonds is 4. The van der Waals surface area contributed by atoms with Gasteiger partial charge in [0.1, 0.15) is 0 Å². The molecule has 0 radical (unpaired) electrons. The van der Waals surface area contributed by atoms with Gasteiger partial charge in [-0.05, 0) is 31.8 Å². The van der Waals surface area contributed by atoms with E-state index in [1.165, 1.54) is 4.88 Å². The van der Waals surface area contributed by atoms with E-state index in [4.69, 9.17) is 5.73 Å². The Balaban J connectivity index is 2.76. The molecule has 1 heterocycles. The minimum Gasteiger partial charge on any atom is -0.320 e. The highest BCUT2D eigenvalue weighted by atomic mass is 32.1. The SMILES string of the molecule is CCN(Cc1sccc1C#CCN)C(C)C. The molecule has 16 heavy (non-hydrogen) atoms. The molecule has 0 aliphatic rings. The lowest BCUT2D eigenvalue weighted by atomic mass is 10.2. The molecule has 0 saturated carbocycles. The first-order valence-electron chi connectivity index (χ1n) is 5.68. The van der Waals surface area contributed by atoms with E-state index in [1.807, 2.05) is 0 Å². The Bertz CT molecular complexity index is 371. The molecular weight excluding hydrogens is 216 g/mol. The molecule has 0 bridgehead atoms. The van der Waals surface area contributed by atoms with Gasteiger partial charge in [-0.1, -0.05) is 18.8 Å². The molecule has 0 spiro atoms. The summed E-state index contributed by atoms with van der Waals surface area (Å²) < 4.78 is 0. The second-order valence-corrected chi connectivity index (χ2v) is 4.92. The summed E-state index contributed by atoms with van der Waals surface area (Å²) in [6.45, 7) is 9.13. The Morgan fingerprint density at radius 1 is 1.50 bits per heavy atom. The molecule has 2 N–H and O–H groups in total. The van der Waals surface area contributed by atoms with Crippen molar-refractivity contribution in [3.63, 3.8) is 0 Å². The Labute approximate surface area is 102 Å². The normalized spacial score (nSPS) is 10.6. The van der Waals surface area contributed by atoms with Crippen LogP contribution in [0, 0.1) is 11.8 Å². The van der Waals surface area contributed by atoms with E-state index in [2.05, 4.69) is 49.0 Å². The Morgan fingerprint density at radius 2 is 2.25 bits per heavy atom. The highest BCUT2D eigenvalue weighted by molar-refractivity contribution is 7.10. The molecule has 0 atom stereocenters. The predicted octanol–water partition coefficient (Wildman–Crippen LogP) is 2.29. The molecule has 88 valence electrons.